The highest BCUT2D eigenvalue weighted by atomic mass is 32.2. The largest absolute Gasteiger partial charge is 0.0980 e. The van der Waals surface area contributed by atoms with Gasteiger partial charge in [0.1, 0.15) is 0 Å². The summed E-state index contributed by atoms with van der Waals surface area (Å²) in [7, 11) is 0. The van der Waals surface area contributed by atoms with Crippen LogP contribution in [-0.4, -0.2) is 0 Å². The van der Waals surface area contributed by atoms with Gasteiger partial charge in [-0.2, -0.15) is 0 Å². The van der Waals surface area contributed by atoms with E-state index in [2.05, 4.69) is 119 Å². The van der Waals surface area contributed by atoms with Crippen molar-refractivity contribution in [2.75, 3.05) is 0 Å². The Kier molecular flexibility index (Phi) is 5.68. The van der Waals surface area contributed by atoms with Crippen LogP contribution in [0, 0.1) is 55.4 Å². The van der Waals surface area contributed by atoms with Crippen molar-refractivity contribution >= 4 is 29.0 Å². The van der Waals surface area contributed by atoms with E-state index in [1.807, 2.05) is 11.8 Å². The summed E-state index contributed by atoms with van der Waals surface area (Å²) in [5.74, 6) is 0. The number of benzene rings is 3. The van der Waals surface area contributed by atoms with Crippen LogP contribution in [0.2, 0.25) is 0 Å². The molecule has 0 saturated heterocycles. The van der Waals surface area contributed by atoms with E-state index in [4.69, 9.17) is 0 Å². The number of allylic oxidation sites excluding steroid dienone is 4. The lowest BCUT2D eigenvalue weighted by atomic mass is 9.62. The number of rotatable bonds is 0. The monoisotopic (exact) mass is 530 g/mol. The summed E-state index contributed by atoms with van der Waals surface area (Å²) in [6.07, 6.45) is 7.27. The average Bonchev–Trinajstić information content (AvgIpc) is 3.17. The number of thioether (sulfide) groups is 1. The van der Waals surface area contributed by atoms with Crippen LogP contribution in [0.15, 0.2) is 34.6 Å². The Bertz CT molecular complexity index is 1650. The third-order valence-corrected chi connectivity index (χ3v) is 11.8. The quantitative estimate of drug-likeness (QED) is 0.278. The second-order valence-corrected chi connectivity index (χ2v) is 13.9. The third kappa shape index (κ3) is 3.20. The molecular weight excluding hydrogens is 488 g/mol. The lowest BCUT2D eigenvalue weighted by Crippen LogP contribution is -2.34. The zero-order valence-electron chi connectivity index (χ0n) is 25.9. The smallest absolute Gasteiger partial charge is 0.0668 e. The third-order valence-electron chi connectivity index (χ3n) is 10.9. The lowest BCUT2D eigenvalue weighted by Gasteiger charge is -2.42. The molecule has 0 unspecified atom stereocenters. The van der Waals surface area contributed by atoms with Crippen molar-refractivity contribution in [3.05, 3.63) is 113 Å². The van der Waals surface area contributed by atoms with Gasteiger partial charge in [-0.25, -0.2) is 0 Å². The van der Waals surface area contributed by atoms with Crippen LogP contribution in [0.5, 0.6) is 0 Å². The van der Waals surface area contributed by atoms with Crippen LogP contribution in [0.4, 0.5) is 0 Å². The van der Waals surface area contributed by atoms with Crippen molar-refractivity contribution in [1.82, 2.24) is 0 Å². The minimum absolute atomic E-state index is 0.0279. The van der Waals surface area contributed by atoms with Crippen LogP contribution in [0.25, 0.3) is 17.2 Å². The van der Waals surface area contributed by atoms with E-state index in [9.17, 15) is 0 Å². The highest BCUT2D eigenvalue weighted by Crippen LogP contribution is 2.59. The van der Waals surface area contributed by atoms with Gasteiger partial charge in [-0.1, -0.05) is 49.9 Å². The van der Waals surface area contributed by atoms with E-state index in [1.165, 1.54) is 99.5 Å². The van der Waals surface area contributed by atoms with Gasteiger partial charge in [0, 0.05) is 10.3 Å². The molecule has 2 aliphatic carbocycles. The van der Waals surface area contributed by atoms with Gasteiger partial charge in [-0.3, -0.25) is 0 Å². The van der Waals surface area contributed by atoms with Crippen molar-refractivity contribution < 1.29 is 0 Å². The Morgan fingerprint density at radius 2 is 1.03 bits per heavy atom. The molecule has 3 aromatic rings. The summed E-state index contributed by atoms with van der Waals surface area (Å²) in [5, 5.41) is 2.38. The van der Waals surface area contributed by atoms with Crippen LogP contribution in [0.3, 0.4) is 0 Å². The minimum atomic E-state index is -0.363. The summed E-state index contributed by atoms with van der Waals surface area (Å²) in [6.45, 7) is 28.2. The Morgan fingerprint density at radius 1 is 0.538 bits per heavy atom. The summed E-state index contributed by atoms with van der Waals surface area (Å²) in [5.41, 5.74) is 24.1. The van der Waals surface area contributed by atoms with Gasteiger partial charge in [0.25, 0.3) is 0 Å². The molecule has 1 heteroatoms. The van der Waals surface area contributed by atoms with Crippen LogP contribution < -0.4 is 0 Å². The first-order valence-corrected chi connectivity index (χ1v) is 15.3. The molecule has 0 N–H and O–H groups in total. The van der Waals surface area contributed by atoms with Crippen molar-refractivity contribution in [3.63, 3.8) is 0 Å². The number of hydrogen-bond donors (Lipinski definition) is 0. The Balaban J connectivity index is 1.94. The first-order valence-electron chi connectivity index (χ1n) is 14.4. The van der Waals surface area contributed by atoms with E-state index in [0.29, 0.717) is 0 Å². The zero-order valence-corrected chi connectivity index (χ0v) is 26.7. The summed E-state index contributed by atoms with van der Waals surface area (Å²) < 4.78 is 0. The fourth-order valence-electron chi connectivity index (χ4n) is 7.87. The zero-order chi connectivity index (χ0) is 28.3. The predicted octanol–water partition coefficient (Wildman–Crippen LogP) is 10.7. The molecule has 0 fully saturated rings. The van der Waals surface area contributed by atoms with E-state index >= 15 is 0 Å². The Morgan fingerprint density at radius 3 is 1.54 bits per heavy atom. The summed E-state index contributed by atoms with van der Waals surface area (Å²) in [6, 6.07) is 5.05. The van der Waals surface area contributed by atoms with Gasteiger partial charge in [-0.05, 0) is 175 Å². The lowest BCUT2D eigenvalue weighted by molar-refractivity contribution is 0.671. The van der Waals surface area contributed by atoms with E-state index in [-0.39, 0.29) is 10.8 Å². The molecule has 0 atom stereocenters. The fourth-order valence-corrected chi connectivity index (χ4v) is 8.83. The Hall–Kier alpha value is -2.77. The number of fused-ring (bicyclic) bond motifs is 7. The summed E-state index contributed by atoms with van der Waals surface area (Å²) in [4.78, 5) is 1.39. The SMILES string of the molecule is CC1=C(C)c2c(C)c(C)c(C)c(C)c2C2(C=CSc3cc4c(cc32)C(C)(C)C=C4)c2c(C)c(C)c(C)c(C)c21. The van der Waals surface area contributed by atoms with Crippen molar-refractivity contribution in [2.45, 2.75) is 98.8 Å². The minimum Gasteiger partial charge on any atom is -0.0980 e. The molecule has 3 aromatic carbocycles. The molecule has 1 spiro atoms. The van der Waals surface area contributed by atoms with Gasteiger partial charge < -0.3 is 0 Å². The molecule has 0 nitrogen and oxygen atoms in total. The van der Waals surface area contributed by atoms with Crippen LogP contribution in [-0.2, 0) is 10.8 Å². The fraction of sp³-hybridized carbons (Fsp3) is 0.368. The molecule has 39 heavy (non-hydrogen) atoms. The normalized spacial score (nSPS) is 17.7. The molecule has 0 saturated carbocycles. The molecule has 6 rings (SSSR count). The second kappa shape index (κ2) is 8.37. The number of hydrogen-bond acceptors (Lipinski definition) is 1. The predicted molar refractivity (Wildman–Crippen MR) is 172 cm³/mol. The molecule has 0 bridgehead atoms. The standard InChI is InChI=1S/C38H42S/c1-19-21(3)27(9)35-33(23(19)5)25(7)26(8)34-24(6)20(2)22(4)28(10)36(34)38(35)15-16-39-32-17-29-13-14-37(11,12)30(29)18-31(32)38/h13-18H,1-12H3. The van der Waals surface area contributed by atoms with Gasteiger partial charge in [0.05, 0.1) is 5.41 Å². The summed E-state index contributed by atoms with van der Waals surface area (Å²) >= 11 is 1.89. The van der Waals surface area contributed by atoms with E-state index in [1.54, 1.807) is 0 Å². The highest BCUT2D eigenvalue weighted by molar-refractivity contribution is 8.02. The van der Waals surface area contributed by atoms with Gasteiger partial charge in [-0.15, -0.1) is 0 Å². The molecule has 0 aromatic heterocycles. The van der Waals surface area contributed by atoms with E-state index in [0.717, 1.165) is 0 Å². The van der Waals surface area contributed by atoms with Crippen LogP contribution in [0.1, 0.15) is 111 Å². The van der Waals surface area contributed by atoms with Gasteiger partial charge >= 0.3 is 0 Å². The first kappa shape index (κ1) is 26.5. The average molecular weight is 531 g/mol. The van der Waals surface area contributed by atoms with Gasteiger partial charge in [0.15, 0.2) is 0 Å². The van der Waals surface area contributed by atoms with Crippen molar-refractivity contribution in [3.8, 4) is 0 Å². The maximum absolute atomic E-state index is 2.58. The molecular formula is C38H42S. The highest BCUT2D eigenvalue weighted by Gasteiger charge is 2.47. The maximum Gasteiger partial charge on any atom is 0.0668 e. The molecule has 0 radical (unpaired) electrons. The molecule has 200 valence electrons. The van der Waals surface area contributed by atoms with Crippen molar-refractivity contribution in [2.24, 2.45) is 0 Å². The molecule has 0 amide bonds. The first-order chi connectivity index (χ1) is 18.3. The van der Waals surface area contributed by atoms with E-state index < -0.39 is 0 Å². The molecule has 1 heterocycles. The second-order valence-electron chi connectivity index (χ2n) is 13.0. The van der Waals surface area contributed by atoms with Crippen molar-refractivity contribution in [1.29, 1.82) is 0 Å². The van der Waals surface area contributed by atoms with Gasteiger partial charge in [0.2, 0.25) is 0 Å². The maximum atomic E-state index is 2.58. The molecule has 1 aliphatic heterocycles. The topological polar surface area (TPSA) is 0 Å². The van der Waals surface area contributed by atoms with Crippen LogP contribution >= 0.6 is 11.8 Å². The Labute approximate surface area is 240 Å². The molecule has 3 aliphatic rings.